The molecule has 0 saturated carbocycles. The van der Waals surface area contributed by atoms with E-state index < -0.39 is 6.23 Å². The minimum Gasteiger partial charge on any atom is -0.490 e. The molecule has 1 aromatic rings. The van der Waals surface area contributed by atoms with Crippen molar-refractivity contribution in [3.63, 3.8) is 0 Å². The molecule has 1 atom stereocenters. The van der Waals surface area contributed by atoms with Crippen LogP contribution in [0.5, 0.6) is 5.75 Å². The highest BCUT2D eigenvalue weighted by Gasteiger charge is 2.07. The van der Waals surface area contributed by atoms with E-state index in [0.29, 0.717) is 23.7 Å². The number of anilines is 2. The van der Waals surface area contributed by atoms with Crippen molar-refractivity contribution in [3.8, 4) is 5.75 Å². The number of benzene rings is 1. The summed E-state index contributed by atoms with van der Waals surface area (Å²) in [5, 5.41) is 12.4. The van der Waals surface area contributed by atoms with Crippen LogP contribution in [0.3, 0.4) is 0 Å². The number of aliphatic hydroxyl groups is 1. The fourth-order valence-corrected chi connectivity index (χ4v) is 1.34. The second-order valence-electron chi connectivity index (χ2n) is 4.23. The summed E-state index contributed by atoms with van der Waals surface area (Å²) in [5.41, 5.74) is 6.97. The lowest BCUT2D eigenvalue weighted by Gasteiger charge is -2.17. The van der Waals surface area contributed by atoms with Crippen molar-refractivity contribution < 1.29 is 9.84 Å². The van der Waals surface area contributed by atoms with Gasteiger partial charge in [0, 0.05) is 12.2 Å². The van der Waals surface area contributed by atoms with Crippen LogP contribution in [-0.4, -0.2) is 43.5 Å². The Morgan fingerprint density at radius 1 is 1.56 bits per heavy atom. The summed E-state index contributed by atoms with van der Waals surface area (Å²) in [6.07, 6.45) is 0.565. The SMILES string of the molecule is C=CC(O)Nc1cc(N)ccc1OCCN(C)C. The first-order valence-corrected chi connectivity index (χ1v) is 5.77. The lowest BCUT2D eigenvalue weighted by atomic mass is 10.2. The van der Waals surface area contributed by atoms with Crippen LogP contribution in [0.15, 0.2) is 30.9 Å². The number of rotatable bonds is 7. The van der Waals surface area contributed by atoms with Gasteiger partial charge in [-0.1, -0.05) is 6.58 Å². The lowest BCUT2D eigenvalue weighted by Crippen LogP contribution is -2.20. The molecule has 0 amide bonds. The Labute approximate surface area is 108 Å². The maximum Gasteiger partial charge on any atom is 0.143 e. The largest absolute Gasteiger partial charge is 0.490 e. The van der Waals surface area contributed by atoms with Crippen molar-refractivity contribution in [2.45, 2.75) is 6.23 Å². The van der Waals surface area contributed by atoms with Gasteiger partial charge in [0.1, 0.15) is 18.6 Å². The molecular formula is C13H21N3O2. The highest BCUT2D eigenvalue weighted by atomic mass is 16.5. The number of nitrogens with one attached hydrogen (secondary N) is 1. The Morgan fingerprint density at radius 2 is 2.28 bits per heavy atom. The molecule has 18 heavy (non-hydrogen) atoms. The van der Waals surface area contributed by atoms with Crippen molar-refractivity contribution in [2.24, 2.45) is 0 Å². The Morgan fingerprint density at radius 3 is 2.89 bits per heavy atom. The number of likely N-dealkylation sites (N-methyl/N-ethyl adjacent to an activating group) is 1. The molecule has 0 spiro atoms. The summed E-state index contributed by atoms with van der Waals surface area (Å²) in [5.74, 6) is 0.659. The molecule has 0 saturated heterocycles. The number of ether oxygens (including phenoxy) is 1. The number of hydrogen-bond acceptors (Lipinski definition) is 5. The van der Waals surface area contributed by atoms with E-state index in [4.69, 9.17) is 10.5 Å². The zero-order valence-corrected chi connectivity index (χ0v) is 10.9. The van der Waals surface area contributed by atoms with Crippen LogP contribution in [0.4, 0.5) is 11.4 Å². The number of hydrogen-bond donors (Lipinski definition) is 3. The first kappa shape index (κ1) is 14.3. The van der Waals surface area contributed by atoms with Gasteiger partial charge in [0.25, 0.3) is 0 Å². The van der Waals surface area contributed by atoms with E-state index in [9.17, 15) is 5.11 Å². The molecule has 0 fully saturated rings. The van der Waals surface area contributed by atoms with Gasteiger partial charge in [-0.15, -0.1) is 0 Å². The van der Waals surface area contributed by atoms with Gasteiger partial charge in [0.15, 0.2) is 0 Å². The van der Waals surface area contributed by atoms with Gasteiger partial charge in [-0.05, 0) is 38.4 Å². The first-order chi connectivity index (χ1) is 8.52. The normalized spacial score (nSPS) is 12.2. The van der Waals surface area contributed by atoms with Crippen molar-refractivity contribution >= 4 is 11.4 Å². The molecular weight excluding hydrogens is 230 g/mol. The average molecular weight is 251 g/mol. The van der Waals surface area contributed by atoms with Crippen molar-refractivity contribution in [1.29, 1.82) is 0 Å². The zero-order chi connectivity index (χ0) is 13.5. The summed E-state index contributed by atoms with van der Waals surface area (Å²) in [6.45, 7) is 4.88. The monoisotopic (exact) mass is 251 g/mol. The molecule has 4 N–H and O–H groups in total. The highest BCUT2D eigenvalue weighted by Crippen LogP contribution is 2.27. The minimum absolute atomic E-state index is 0.565. The molecule has 5 heteroatoms. The molecule has 1 unspecified atom stereocenters. The molecule has 100 valence electrons. The molecule has 0 aliphatic carbocycles. The van der Waals surface area contributed by atoms with Gasteiger partial charge in [-0.25, -0.2) is 0 Å². The zero-order valence-electron chi connectivity index (χ0n) is 10.9. The van der Waals surface area contributed by atoms with Crippen molar-refractivity contribution in [2.75, 3.05) is 38.3 Å². The maximum atomic E-state index is 9.51. The minimum atomic E-state index is -0.831. The van der Waals surface area contributed by atoms with Crippen LogP contribution in [0.1, 0.15) is 0 Å². The van der Waals surface area contributed by atoms with Crippen LogP contribution in [0, 0.1) is 0 Å². The van der Waals surface area contributed by atoms with Crippen LogP contribution in [0.2, 0.25) is 0 Å². The maximum absolute atomic E-state index is 9.51. The second-order valence-corrected chi connectivity index (χ2v) is 4.23. The fourth-order valence-electron chi connectivity index (χ4n) is 1.34. The Kier molecular flexibility index (Phi) is 5.48. The predicted octanol–water partition coefficient (Wildman–Crippen LogP) is 1.13. The van der Waals surface area contributed by atoms with Crippen LogP contribution < -0.4 is 15.8 Å². The molecule has 0 aliphatic heterocycles. The van der Waals surface area contributed by atoms with E-state index in [-0.39, 0.29) is 0 Å². The molecule has 0 radical (unpaired) electrons. The molecule has 1 rings (SSSR count). The molecule has 5 nitrogen and oxygen atoms in total. The summed E-state index contributed by atoms with van der Waals surface area (Å²) < 4.78 is 5.64. The highest BCUT2D eigenvalue weighted by molar-refractivity contribution is 5.63. The third kappa shape index (κ3) is 4.65. The van der Waals surface area contributed by atoms with Gasteiger partial charge in [-0.3, -0.25) is 0 Å². The molecule has 0 heterocycles. The number of aliphatic hydroxyl groups excluding tert-OH is 1. The van der Waals surface area contributed by atoms with E-state index in [1.165, 1.54) is 6.08 Å². The predicted molar refractivity (Wildman–Crippen MR) is 74.7 cm³/mol. The van der Waals surface area contributed by atoms with Gasteiger partial charge in [-0.2, -0.15) is 0 Å². The van der Waals surface area contributed by atoms with Gasteiger partial charge < -0.3 is 25.8 Å². The summed E-state index contributed by atoms with van der Waals surface area (Å²) in [4.78, 5) is 2.03. The van der Waals surface area contributed by atoms with Gasteiger partial charge in [0.2, 0.25) is 0 Å². The van der Waals surface area contributed by atoms with Crippen LogP contribution in [0.25, 0.3) is 0 Å². The Bertz CT molecular complexity index is 394. The Balaban J connectivity index is 2.72. The quantitative estimate of drug-likeness (QED) is 0.385. The fraction of sp³-hybridized carbons (Fsp3) is 0.385. The van der Waals surface area contributed by atoms with E-state index in [1.807, 2.05) is 19.0 Å². The second kappa shape index (κ2) is 6.88. The molecule has 0 aromatic heterocycles. The van der Waals surface area contributed by atoms with Crippen molar-refractivity contribution in [1.82, 2.24) is 4.90 Å². The van der Waals surface area contributed by atoms with Gasteiger partial charge in [0.05, 0.1) is 5.69 Å². The summed E-state index contributed by atoms with van der Waals surface area (Å²) in [6, 6.07) is 5.26. The molecule has 1 aromatic carbocycles. The third-order valence-electron chi connectivity index (χ3n) is 2.33. The van der Waals surface area contributed by atoms with Crippen molar-refractivity contribution in [3.05, 3.63) is 30.9 Å². The van der Waals surface area contributed by atoms with E-state index in [2.05, 4.69) is 11.9 Å². The number of nitrogen functional groups attached to an aromatic ring is 1. The van der Waals surface area contributed by atoms with E-state index in [1.54, 1.807) is 18.2 Å². The average Bonchev–Trinajstić information content (AvgIpc) is 2.31. The smallest absolute Gasteiger partial charge is 0.143 e. The standard InChI is InChI=1S/C13H21N3O2/c1-4-13(17)15-11-9-10(14)5-6-12(11)18-8-7-16(2)3/h4-6,9,13,15,17H,1,7-8,14H2,2-3H3. The Hall–Kier alpha value is -1.72. The van der Waals surface area contributed by atoms with Gasteiger partial charge >= 0.3 is 0 Å². The number of nitrogens with two attached hydrogens (primary N) is 1. The third-order valence-corrected chi connectivity index (χ3v) is 2.33. The number of nitrogens with zero attached hydrogens (tertiary/aromatic N) is 1. The van der Waals surface area contributed by atoms with Crippen LogP contribution in [-0.2, 0) is 0 Å². The first-order valence-electron chi connectivity index (χ1n) is 5.77. The van der Waals surface area contributed by atoms with E-state index in [0.717, 1.165) is 6.54 Å². The van der Waals surface area contributed by atoms with Crippen LogP contribution >= 0.6 is 0 Å². The molecule has 0 bridgehead atoms. The molecule has 0 aliphatic rings. The topological polar surface area (TPSA) is 70.8 Å². The van der Waals surface area contributed by atoms with E-state index >= 15 is 0 Å². The summed E-state index contributed by atoms with van der Waals surface area (Å²) in [7, 11) is 3.96. The summed E-state index contributed by atoms with van der Waals surface area (Å²) >= 11 is 0. The lowest BCUT2D eigenvalue weighted by molar-refractivity contribution is 0.247.